The van der Waals surface area contributed by atoms with Crippen LogP contribution in [0.5, 0.6) is 11.5 Å². The Bertz CT molecular complexity index is 1370. The minimum Gasteiger partial charge on any atom is -0.491 e. The first kappa shape index (κ1) is 37.3. The fourth-order valence-corrected chi connectivity index (χ4v) is 4.44. The van der Waals surface area contributed by atoms with Crippen molar-refractivity contribution in [3.8, 4) is 11.5 Å². The molecule has 0 aliphatic heterocycles. The highest BCUT2D eigenvalue weighted by Crippen LogP contribution is 2.26. The Labute approximate surface area is 274 Å². The molecule has 2 rings (SSSR count). The van der Waals surface area contributed by atoms with Crippen LogP contribution in [-0.4, -0.2) is 63.1 Å². The van der Waals surface area contributed by atoms with E-state index in [-0.39, 0.29) is 38.7 Å². The molecule has 11 heteroatoms. The number of nitrogens with one attached hydrogen (secondary N) is 2. The monoisotopic (exact) mass is 654 g/mol. The fourth-order valence-electron chi connectivity index (χ4n) is 3.77. The van der Waals surface area contributed by atoms with Gasteiger partial charge in [0.1, 0.15) is 36.5 Å². The molecule has 45 heavy (non-hydrogen) atoms. The molecular weight excluding hydrogens is 613 g/mol. The van der Waals surface area contributed by atoms with Gasteiger partial charge in [0.05, 0.1) is 18.6 Å². The summed E-state index contributed by atoms with van der Waals surface area (Å²) in [5.41, 5.74) is 1.91. The summed E-state index contributed by atoms with van der Waals surface area (Å²) in [7, 11) is 0. The standard InChI is InChI=1S/C34H42N2O7S2/c1-7-27(16-13-24(3)44-5)33(43-31-12-10-9-11-28(31)23-37)25(4)41-19-20-42-29-17-14-26(15-18-29)21-32(38)35-22-30(36-45-6)34(39)40-8-2/h7,9-18,23,30,36H,1,8,19-22H2,2-6H3,(H,35,38)/b24-13+,27-16+,33-25+. The maximum Gasteiger partial charge on any atom is 0.325 e. The molecule has 242 valence electrons. The SMILES string of the molecule is C=CC(=C\C=C(/C)SC)/C(Oc1ccccc1C=O)=C(/C)OCCOc1ccc(CC(=O)NCC(NSC)C(=O)OCC)cc1. The van der Waals surface area contributed by atoms with E-state index in [0.717, 1.165) is 16.8 Å². The van der Waals surface area contributed by atoms with Crippen molar-refractivity contribution < 1.29 is 33.3 Å². The van der Waals surface area contributed by atoms with Gasteiger partial charge in [-0.2, -0.15) is 0 Å². The van der Waals surface area contributed by atoms with Crippen LogP contribution < -0.4 is 19.5 Å². The zero-order valence-electron chi connectivity index (χ0n) is 26.4. The van der Waals surface area contributed by atoms with Gasteiger partial charge in [-0.25, -0.2) is 4.72 Å². The van der Waals surface area contributed by atoms with E-state index in [1.165, 1.54) is 11.9 Å². The molecule has 1 amide bonds. The number of thioether (sulfide) groups is 1. The van der Waals surface area contributed by atoms with Crippen LogP contribution in [0.1, 0.15) is 36.7 Å². The van der Waals surface area contributed by atoms with Crippen molar-refractivity contribution in [3.05, 3.63) is 106 Å². The Morgan fingerprint density at radius 2 is 1.73 bits per heavy atom. The van der Waals surface area contributed by atoms with E-state index >= 15 is 0 Å². The predicted octanol–water partition coefficient (Wildman–Crippen LogP) is 6.04. The first-order valence-electron chi connectivity index (χ1n) is 14.3. The third-order valence-electron chi connectivity index (χ3n) is 6.17. The summed E-state index contributed by atoms with van der Waals surface area (Å²) in [5.74, 6) is 1.34. The molecule has 1 unspecified atom stereocenters. The van der Waals surface area contributed by atoms with Gasteiger partial charge in [-0.15, -0.1) is 11.8 Å². The number of aldehydes is 1. The summed E-state index contributed by atoms with van der Waals surface area (Å²) in [6, 6.07) is 13.5. The highest BCUT2D eigenvalue weighted by Gasteiger charge is 2.20. The lowest BCUT2D eigenvalue weighted by Crippen LogP contribution is -2.44. The van der Waals surface area contributed by atoms with Gasteiger partial charge in [-0.3, -0.25) is 14.4 Å². The summed E-state index contributed by atoms with van der Waals surface area (Å²) >= 11 is 2.91. The smallest absolute Gasteiger partial charge is 0.325 e. The molecule has 0 saturated carbocycles. The molecule has 9 nitrogen and oxygen atoms in total. The maximum absolute atomic E-state index is 12.4. The summed E-state index contributed by atoms with van der Waals surface area (Å²) in [4.78, 5) is 37.1. The Morgan fingerprint density at radius 3 is 2.38 bits per heavy atom. The molecule has 0 fully saturated rings. The highest BCUT2D eigenvalue weighted by atomic mass is 32.2. The second-order valence-corrected chi connectivity index (χ2v) is 11.1. The van der Waals surface area contributed by atoms with Gasteiger partial charge in [-0.1, -0.05) is 61.0 Å². The van der Waals surface area contributed by atoms with E-state index in [9.17, 15) is 14.4 Å². The topological polar surface area (TPSA) is 112 Å². The molecule has 2 aromatic rings. The fraction of sp³-hybridized carbons (Fsp3) is 0.324. The number of esters is 1. The molecule has 0 heterocycles. The van der Waals surface area contributed by atoms with E-state index in [1.807, 2.05) is 37.5 Å². The molecule has 0 aliphatic rings. The molecule has 0 spiro atoms. The predicted molar refractivity (Wildman–Crippen MR) is 182 cm³/mol. The third-order valence-corrected chi connectivity index (χ3v) is 7.47. The summed E-state index contributed by atoms with van der Waals surface area (Å²) < 4.78 is 26.0. The minimum atomic E-state index is -0.629. The van der Waals surface area contributed by atoms with Crippen LogP contribution in [0.25, 0.3) is 0 Å². The molecular formula is C34H42N2O7S2. The molecule has 2 aromatic carbocycles. The molecule has 0 saturated heterocycles. The van der Waals surface area contributed by atoms with Gasteiger partial charge in [0.25, 0.3) is 0 Å². The number of amides is 1. The lowest BCUT2D eigenvalue weighted by Gasteiger charge is -2.17. The Hall–Kier alpha value is -3.93. The first-order chi connectivity index (χ1) is 21.8. The van der Waals surface area contributed by atoms with Crippen LogP contribution in [0.3, 0.4) is 0 Å². The highest BCUT2D eigenvalue weighted by molar-refractivity contribution is 8.02. The van der Waals surface area contributed by atoms with E-state index in [1.54, 1.807) is 74.3 Å². The van der Waals surface area contributed by atoms with Crippen LogP contribution in [-0.2, 0) is 25.5 Å². The molecule has 0 aliphatic carbocycles. The summed E-state index contributed by atoms with van der Waals surface area (Å²) in [5, 5.41) is 2.77. The number of rotatable bonds is 20. The van der Waals surface area contributed by atoms with Crippen molar-refractivity contribution in [2.75, 3.05) is 38.9 Å². The number of carbonyl (C=O) groups is 3. The second-order valence-electron chi connectivity index (χ2n) is 9.40. The Morgan fingerprint density at radius 1 is 1.00 bits per heavy atom. The lowest BCUT2D eigenvalue weighted by molar-refractivity contribution is -0.145. The van der Waals surface area contributed by atoms with Crippen molar-refractivity contribution in [2.45, 2.75) is 33.2 Å². The number of carbonyl (C=O) groups excluding carboxylic acids is 3. The van der Waals surface area contributed by atoms with Crippen LogP contribution in [0.2, 0.25) is 0 Å². The van der Waals surface area contributed by atoms with Crippen molar-refractivity contribution >= 4 is 41.9 Å². The van der Waals surface area contributed by atoms with Gasteiger partial charge in [0, 0.05) is 12.1 Å². The molecule has 0 bridgehead atoms. The summed E-state index contributed by atoms with van der Waals surface area (Å²) in [6.45, 7) is 10.3. The van der Waals surface area contributed by atoms with Crippen molar-refractivity contribution in [1.82, 2.24) is 10.0 Å². The number of benzene rings is 2. The van der Waals surface area contributed by atoms with Crippen molar-refractivity contribution in [1.29, 1.82) is 0 Å². The van der Waals surface area contributed by atoms with Crippen LogP contribution in [0.15, 0.2) is 95.3 Å². The quantitative estimate of drug-likeness (QED) is 0.0438. The van der Waals surface area contributed by atoms with E-state index in [2.05, 4.69) is 16.6 Å². The van der Waals surface area contributed by atoms with Crippen LogP contribution >= 0.6 is 23.7 Å². The van der Waals surface area contributed by atoms with E-state index in [4.69, 9.17) is 18.9 Å². The van der Waals surface area contributed by atoms with Gasteiger partial charge >= 0.3 is 5.97 Å². The number of para-hydroxylation sites is 1. The average Bonchev–Trinajstić information content (AvgIpc) is 3.05. The number of hydrogen-bond donors (Lipinski definition) is 2. The normalized spacial score (nSPS) is 12.8. The average molecular weight is 655 g/mol. The molecule has 2 N–H and O–H groups in total. The van der Waals surface area contributed by atoms with Gasteiger partial charge in [0.2, 0.25) is 5.91 Å². The summed E-state index contributed by atoms with van der Waals surface area (Å²) in [6.07, 6.45) is 10.2. The number of ether oxygens (including phenoxy) is 4. The minimum absolute atomic E-state index is 0.127. The third kappa shape index (κ3) is 13.3. The zero-order chi connectivity index (χ0) is 33.0. The Balaban J connectivity index is 2.00. The first-order valence-corrected chi connectivity index (χ1v) is 16.8. The molecule has 0 aromatic heterocycles. The molecule has 1 atom stereocenters. The van der Waals surface area contributed by atoms with Gasteiger partial charge in [0.15, 0.2) is 12.0 Å². The number of allylic oxidation sites excluding steroid dienone is 5. The molecule has 0 radical (unpaired) electrons. The second kappa shape index (κ2) is 20.9. The van der Waals surface area contributed by atoms with E-state index < -0.39 is 12.0 Å². The van der Waals surface area contributed by atoms with Crippen molar-refractivity contribution in [3.63, 3.8) is 0 Å². The van der Waals surface area contributed by atoms with Gasteiger partial charge in [-0.05, 0) is 68.0 Å². The van der Waals surface area contributed by atoms with E-state index in [0.29, 0.717) is 34.2 Å². The number of hydrogen-bond acceptors (Lipinski definition) is 10. The lowest BCUT2D eigenvalue weighted by atomic mass is 10.1. The zero-order valence-corrected chi connectivity index (χ0v) is 28.1. The van der Waals surface area contributed by atoms with Gasteiger partial charge < -0.3 is 24.3 Å². The van der Waals surface area contributed by atoms with Crippen molar-refractivity contribution in [2.24, 2.45) is 0 Å². The van der Waals surface area contributed by atoms with Crippen LogP contribution in [0, 0.1) is 0 Å². The largest absolute Gasteiger partial charge is 0.491 e. The van der Waals surface area contributed by atoms with Crippen LogP contribution in [0.4, 0.5) is 0 Å². The Kier molecular flexibility index (Phi) is 17.3. The maximum atomic E-state index is 12.4.